The molecule has 6 heteroatoms. The van der Waals surface area contributed by atoms with Crippen molar-refractivity contribution in [2.24, 2.45) is 0 Å². The van der Waals surface area contributed by atoms with Gasteiger partial charge in [-0.25, -0.2) is 4.98 Å². The Morgan fingerprint density at radius 2 is 0.553 bits per heavy atom. The second-order valence-electron chi connectivity index (χ2n) is 24.7. The number of rotatable bonds is 7. The van der Waals surface area contributed by atoms with Gasteiger partial charge in [0, 0.05) is 65.3 Å². The van der Waals surface area contributed by atoms with Crippen molar-refractivity contribution in [2.45, 2.75) is 0 Å². The van der Waals surface area contributed by atoms with Gasteiger partial charge in [-0.1, -0.05) is 255 Å². The lowest BCUT2D eigenvalue weighted by Gasteiger charge is -2.30. The van der Waals surface area contributed by atoms with Crippen LogP contribution in [0.1, 0.15) is 5.56 Å². The maximum atomic E-state index is 13.5. The Kier molecular flexibility index (Phi) is 11.1. The molecule has 15 aromatic carbocycles. The van der Waals surface area contributed by atoms with Gasteiger partial charge in [0.05, 0.1) is 83.8 Å². The molecule has 0 saturated heterocycles. The van der Waals surface area contributed by atoms with Gasteiger partial charge in [-0.2, -0.15) is 5.26 Å². The fourth-order valence-corrected chi connectivity index (χ4v) is 16.1. The minimum absolute atomic E-state index is 0.487. The molecule has 0 amide bonds. The highest BCUT2D eigenvalue weighted by atomic mass is 15.1. The molecule has 0 saturated carbocycles. The van der Waals surface area contributed by atoms with Crippen molar-refractivity contribution in [3.8, 4) is 62.5 Å². The van der Waals surface area contributed by atoms with Gasteiger partial charge in [-0.3, -0.25) is 0 Å². The summed E-state index contributed by atoms with van der Waals surface area (Å²) in [6.07, 6.45) is 0. The van der Waals surface area contributed by atoms with Gasteiger partial charge in [-0.15, -0.1) is 0 Å². The van der Waals surface area contributed by atoms with E-state index in [9.17, 15) is 5.26 Å². The summed E-state index contributed by atoms with van der Waals surface area (Å²) in [7, 11) is 0. The second-order valence-corrected chi connectivity index (χ2v) is 24.7. The molecule has 0 fully saturated rings. The molecule has 0 radical (unpaired) electrons. The number of nitrogens with zero attached hydrogens (tertiary/aromatic N) is 6. The average molecular weight is 1190 g/mol. The number of nitriles is 1. The fourth-order valence-electron chi connectivity index (χ4n) is 16.1. The summed E-state index contributed by atoms with van der Waals surface area (Å²) in [6, 6.07) is 118. The Morgan fingerprint density at radius 3 is 0.936 bits per heavy atom. The van der Waals surface area contributed by atoms with Gasteiger partial charge >= 0.3 is 0 Å². The van der Waals surface area contributed by atoms with Crippen molar-refractivity contribution in [3.05, 3.63) is 321 Å². The molecule has 94 heavy (non-hydrogen) atoms. The number of benzene rings is 15. The van der Waals surface area contributed by atoms with Crippen LogP contribution in [-0.4, -0.2) is 23.3 Å². The van der Waals surface area contributed by atoms with E-state index in [1.165, 1.54) is 0 Å². The van der Waals surface area contributed by atoms with Crippen molar-refractivity contribution in [1.82, 2.24) is 23.3 Å². The minimum Gasteiger partial charge on any atom is -0.306 e. The molecule has 6 nitrogen and oxygen atoms in total. The number of pyridine rings is 1. The van der Waals surface area contributed by atoms with E-state index in [0.29, 0.717) is 5.56 Å². The summed E-state index contributed by atoms with van der Waals surface area (Å²) in [5.41, 5.74) is 16.8. The van der Waals surface area contributed by atoms with E-state index >= 15 is 0 Å². The number of aromatic nitrogens is 5. The third-order valence-electron chi connectivity index (χ3n) is 19.9. The van der Waals surface area contributed by atoms with Crippen LogP contribution in [0.25, 0.3) is 187 Å². The zero-order valence-electron chi connectivity index (χ0n) is 50.7. The van der Waals surface area contributed by atoms with Crippen LogP contribution in [0.2, 0.25) is 0 Å². The molecular weight excluding hydrogens is 1140 g/mol. The van der Waals surface area contributed by atoms with Crippen molar-refractivity contribution < 1.29 is 0 Å². The maximum Gasteiger partial charge on any atom is 0.102 e. The van der Waals surface area contributed by atoms with Gasteiger partial charge < -0.3 is 18.3 Å². The monoisotopic (exact) mass is 1190 g/mol. The van der Waals surface area contributed by atoms with Crippen molar-refractivity contribution >= 4 is 130 Å². The lowest BCUT2D eigenvalue weighted by molar-refractivity contribution is 1.02. The first kappa shape index (κ1) is 52.0. The molecule has 0 spiro atoms. The normalized spacial score (nSPS) is 12.0. The van der Waals surface area contributed by atoms with Crippen LogP contribution >= 0.6 is 0 Å². The van der Waals surface area contributed by atoms with Gasteiger partial charge in [-0.05, 0) is 104 Å². The van der Waals surface area contributed by atoms with Gasteiger partial charge in [0.25, 0.3) is 0 Å². The topological polar surface area (TPSA) is 56.4 Å². The lowest BCUT2D eigenvalue weighted by atomic mass is 9.89. The molecule has 20 aromatic rings. The zero-order chi connectivity index (χ0) is 61.7. The van der Waals surface area contributed by atoms with Gasteiger partial charge in [0.15, 0.2) is 0 Å². The Balaban J connectivity index is 1.14. The highest BCUT2D eigenvalue weighted by Crippen LogP contribution is 2.54. The second kappa shape index (κ2) is 20.1. The lowest BCUT2D eigenvalue weighted by Crippen LogP contribution is -2.17. The molecule has 5 aromatic heterocycles. The number of fused-ring (bicyclic) bond motifs is 20. The van der Waals surface area contributed by atoms with Crippen molar-refractivity contribution in [2.75, 3.05) is 0 Å². The van der Waals surface area contributed by atoms with E-state index in [-0.39, 0.29) is 0 Å². The van der Waals surface area contributed by atoms with Gasteiger partial charge in [0.1, 0.15) is 6.07 Å². The predicted molar refractivity (Wildman–Crippen MR) is 393 cm³/mol. The maximum absolute atomic E-state index is 13.5. The van der Waals surface area contributed by atoms with Crippen LogP contribution in [0, 0.1) is 11.3 Å². The van der Waals surface area contributed by atoms with Crippen molar-refractivity contribution in [1.29, 1.82) is 5.26 Å². The molecule has 0 N–H and O–H groups in total. The first-order valence-corrected chi connectivity index (χ1v) is 32.1. The molecular formula is C88H52N6. The quantitative estimate of drug-likeness (QED) is 0.160. The van der Waals surface area contributed by atoms with Crippen LogP contribution in [0.15, 0.2) is 315 Å². The predicted octanol–water partition coefficient (Wildman–Crippen LogP) is 23.0. The molecule has 5 heterocycles. The van der Waals surface area contributed by atoms with Crippen LogP contribution in [0.5, 0.6) is 0 Å². The number of hydrogen-bond acceptors (Lipinski definition) is 2. The minimum atomic E-state index is 0.487. The van der Waals surface area contributed by atoms with Gasteiger partial charge in [0.2, 0.25) is 0 Å². The average Bonchev–Trinajstić information content (AvgIpc) is 1.43. The standard InChI is InChI=1S/C88H52N6/c89-53-69-83(68-47-48-70(58-27-3-1-4-28-58)90-84(68)59-29-5-2-6-30-59)86(92-72-40-20-16-36-65(72)80-61-32-12-8-24-55(61)44-50-76(80)92)88(94-74-42-22-18-38-67(74)82-63-34-14-10-26-57(63)46-52-78(82)94)87(93-73-41-21-17-37-66(73)81-62-33-13-9-25-56(62)45-51-77(81)93)85(69)91-71-39-19-15-35-64(71)79-60-31-11-7-23-54(60)43-49-75(79)91/h1-52H. The molecule has 0 aliphatic rings. The van der Waals surface area contributed by atoms with E-state index in [1.54, 1.807) is 0 Å². The molecule has 434 valence electrons. The Labute approximate surface area is 539 Å². The molecule has 0 aliphatic carbocycles. The summed E-state index contributed by atoms with van der Waals surface area (Å²) in [5.74, 6) is 0. The van der Waals surface area contributed by atoms with E-state index in [4.69, 9.17) is 4.98 Å². The Hall–Kier alpha value is -12.8. The first-order chi connectivity index (χ1) is 46.7. The SMILES string of the molecule is N#Cc1c(-c2ccc(-c3ccccc3)nc2-c2ccccc2)c(-n2c3ccccc3c3c4ccccc4ccc32)c(-n2c3ccccc3c3c4ccccc4ccc32)c(-n2c3ccccc3c3c4ccccc4ccc32)c1-n1c2ccccc2c2c3ccccc3ccc21. The zero-order valence-corrected chi connectivity index (χ0v) is 50.7. The number of para-hydroxylation sites is 4. The summed E-state index contributed by atoms with van der Waals surface area (Å²) in [5, 5.41) is 31.6. The summed E-state index contributed by atoms with van der Waals surface area (Å²) in [6.45, 7) is 0. The third kappa shape index (κ3) is 7.26. The van der Waals surface area contributed by atoms with Crippen LogP contribution in [-0.2, 0) is 0 Å². The van der Waals surface area contributed by atoms with Crippen LogP contribution in [0.4, 0.5) is 0 Å². The van der Waals surface area contributed by atoms with Crippen LogP contribution in [0.3, 0.4) is 0 Å². The van der Waals surface area contributed by atoms with E-state index < -0.39 is 0 Å². The molecule has 0 aliphatic heterocycles. The van der Waals surface area contributed by atoms with E-state index in [1.807, 2.05) is 0 Å². The van der Waals surface area contributed by atoms with E-state index in [2.05, 4.69) is 340 Å². The van der Waals surface area contributed by atoms with E-state index in [0.717, 1.165) is 187 Å². The highest BCUT2D eigenvalue weighted by molar-refractivity contribution is 6.27. The molecule has 0 unspecified atom stereocenters. The highest BCUT2D eigenvalue weighted by Gasteiger charge is 2.37. The fraction of sp³-hybridized carbons (Fsp3) is 0. The Bertz CT molecular complexity index is 6670. The third-order valence-corrected chi connectivity index (χ3v) is 19.9. The Morgan fingerprint density at radius 1 is 0.245 bits per heavy atom. The summed E-state index contributed by atoms with van der Waals surface area (Å²) < 4.78 is 10.0. The molecule has 20 rings (SSSR count). The summed E-state index contributed by atoms with van der Waals surface area (Å²) >= 11 is 0. The largest absolute Gasteiger partial charge is 0.306 e. The van der Waals surface area contributed by atoms with Crippen LogP contribution < -0.4 is 0 Å². The number of hydrogen-bond donors (Lipinski definition) is 0. The first-order valence-electron chi connectivity index (χ1n) is 32.1. The molecule has 0 bridgehead atoms. The smallest absolute Gasteiger partial charge is 0.102 e. The summed E-state index contributed by atoms with van der Waals surface area (Å²) in [4.78, 5) is 5.85. The van der Waals surface area contributed by atoms with Crippen molar-refractivity contribution in [3.63, 3.8) is 0 Å². The molecule has 0 atom stereocenters.